The maximum Gasteiger partial charge on any atom is 0.223 e. The van der Waals surface area contributed by atoms with Crippen LogP contribution >= 0.6 is 22.7 Å². The van der Waals surface area contributed by atoms with E-state index >= 15 is 0 Å². The standard InChI is InChI=1S/C22H28N4OS2/c27-19(14-22-11-15-8-16(12-22)10-17(9-15)13-22)25-3-5-26(6-4-25)21-24-23-20(29-21)18-2-1-7-28-18/h1-2,7,15-17H,3-6,8-14H2. The van der Waals surface area contributed by atoms with E-state index in [0.29, 0.717) is 11.3 Å². The van der Waals surface area contributed by atoms with Crippen molar-refractivity contribution in [2.24, 2.45) is 23.2 Å². The summed E-state index contributed by atoms with van der Waals surface area (Å²) in [6.07, 6.45) is 9.10. The molecular formula is C22H28N4OS2. The van der Waals surface area contributed by atoms with Crippen molar-refractivity contribution in [1.82, 2.24) is 15.1 Å². The van der Waals surface area contributed by atoms with Crippen molar-refractivity contribution in [1.29, 1.82) is 0 Å². The number of thiophene rings is 1. The number of amides is 1. The van der Waals surface area contributed by atoms with Gasteiger partial charge in [0.15, 0.2) is 5.01 Å². The number of hydrogen-bond acceptors (Lipinski definition) is 6. The van der Waals surface area contributed by atoms with E-state index < -0.39 is 0 Å². The van der Waals surface area contributed by atoms with Crippen LogP contribution in [0.2, 0.25) is 0 Å². The molecule has 2 aromatic rings. The van der Waals surface area contributed by atoms with E-state index in [-0.39, 0.29) is 0 Å². The maximum atomic E-state index is 13.2. The summed E-state index contributed by atoms with van der Waals surface area (Å²) in [7, 11) is 0. The molecule has 5 nitrogen and oxygen atoms in total. The van der Waals surface area contributed by atoms with E-state index in [4.69, 9.17) is 0 Å². The number of carbonyl (C=O) groups excluding carboxylic acids is 1. The molecule has 1 aliphatic heterocycles. The van der Waals surface area contributed by atoms with Gasteiger partial charge in [-0.15, -0.1) is 21.5 Å². The molecule has 0 aromatic carbocycles. The van der Waals surface area contributed by atoms with Crippen molar-refractivity contribution in [2.45, 2.75) is 44.9 Å². The molecule has 0 radical (unpaired) electrons. The summed E-state index contributed by atoms with van der Waals surface area (Å²) in [5.74, 6) is 3.16. The Labute approximate surface area is 180 Å². The van der Waals surface area contributed by atoms with Crippen molar-refractivity contribution in [3.05, 3.63) is 17.5 Å². The molecule has 3 heterocycles. The molecule has 29 heavy (non-hydrogen) atoms. The first kappa shape index (κ1) is 18.3. The first-order valence-corrected chi connectivity index (χ1v) is 12.8. The lowest BCUT2D eigenvalue weighted by Gasteiger charge is -2.57. The molecule has 4 bridgehead atoms. The van der Waals surface area contributed by atoms with Crippen LogP contribution in [0, 0.1) is 23.2 Å². The van der Waals surface area contributed by atoms with Gasteiger partial charge in [0.25, 0.3) is 0 Å². The van der Waals surface area contributed by atoms with Gasteiger partial charge in [-0.25, -0.2) is 0 Å². The van der Waals surface area contributed by atoms with Crippen molar-refractivity contribution in [2.75, 3.05) is 31.1 Å². The highest BCUT2D eigenvalue weighted by Gasteiger charge is 2.51. The lowest BCUT2D eigenvalue weighted by Crippen LogP contribution is -2.52. The lowest BCUT2D eigenvalue weighted by atomic mass is 9.49. The van der Waals surface area contributed by atoms with Crippen LogP contribution in [0.15, 0.2) is 17.5 Å². The largest absolute Gasteiger partial charge is 0.343 e. The number of rotatable bonds is 4. The quantitative estimate of drug-likeness (QED) is 0.718. The van der Waals surface area contributed by atoms with E-state index in [9.17, 15) is 4.79 Å². The number of carbonyl (C=O) groups is 1. The fourth-order valence-corrected chi connectivity index (χ4v) is 8.62. The molecular weight excluding hydrogens is 400 g/mol. The normalized spacial score (nSPS) is 33.4. The molecule has 1 saturated heterocycles. The third-order valence-corrected chi connectivity index (χ3v) is 9.76. The van der Waals surface area contributed by atoms with Crippen LogP contribution < -0.4 is 4.90 Å². The Kier molecular flexibility index (Phi) is 4.45. The fraction of sp³-hybridized carbons (Fsp3) is 0.682. The van der Waals surface area contributed by atoms with Crippen LogP contribution in [-0.4, -0.2) is 47.2 Å². The zero-order valence-electron chi connectivity index (χ0n) is 16.8. The second kappa shape index (κ2) is 7.05. The molecule has 4 aliphatic carbocycles. The van der Waals surface area contributed by atoms with E-state index in [0.717, 1.165) is 60.5 Å². The summed E-state index contributed by atoms with van der Waals surface area (Å²) in [5, 5.41) is 12.8. The van der Waals surface area contributed by atoms with Gasteiger partial charge in [0.05, 0.1) is 4.88 Å². The van der Waals surface area contributed by atoms with Crippen LogP contribution in [0.25, 0.3) is 9.88 Å². The predicted molar refractivity (Wildman–Crippen MR) is 117 cm³/mol. The van der Waals surface area contributed by atoms with E-state index in [1.165, 1.54) is 43.4 Å². The maximum absolute atomic E-state index is 13.2. The van der Waals surface area contributed by atoms with Crippen LogP contribution in [-0.2, 0) is 4.79 Å². The van der Waals surface area contributed by atoms with E-state index in [2.05, 4.69) is 37.5 Å². The Morgan fingerprint density at radius 1 is 1.03 bits per heavy atom. The van der Waals surface area contributed by atoms with Gasteiger partial charge in [0.1, 0.15) is 0 Å². The molecule has 0 N–H and O–H groups in total. The zero-order chi connectivity index (χ0) is 19.4. The SMILES string of the molecule is O=C(CC12CC3CC(CC(C3)C1)C2)N1CCN(c2nnc(-c3cccs3)s2)CC1. The zero-order valence-corrected chi connectivity index (χ0v) is 18.4. The van der Waals surface area contributed by atoms with E-state index in [1.54, 1.807) is 22.7 Å². The van der Waals surface area contributed by atoms with Gasteiger partial charge in [0, 0.05) is 32.6 Å². The summed E-state index contributed by atoms with van der Waals surface area (Å²) < 4.78 is 0. The van der Waals surface area contributed by atoms with Crippen LogP contribution in [0.1, 0.15) is 44.9 Å². The van der Waals surface area contributed by atoms with Crippen LogP contribution in [0.5, 0.6) is 0 Å². The first-order chi connectivity index (χ1) is 14.2. The minimum Gasteiger partial charge on any atom is -0.343 e. The van der Waals surface area contributed by atoms with Crippen molar-refractivity contribution >= 4 is 33.7 Å². The number of nitrogens with zero attached hydrogens (tertiary/aromatic N) is 4. The molecule has 0 unspecified atom stereocenters. The van der Waals surface area contributed by atoms with Gasteiger partial charge in [-0.05, 0) is 73.1 Å². The number of anilines is 1. The Morgan fingerprint density at radius 3 is 2.34 bits per heavy atom. The predicted octanol–water partition coefficient (Wildman–Crippen LogP) is 4.52. The third kappa shape index (κ3) is 3.40. The minimum absolute atomic E-state index is 0.345. The molecule has 1 amide bonds. The van der Waals surface area contributed by atoms with E-state index in [1.807, 2.05) is 0 Å². The molecule has 5 aliphatic rings. The smallest absolute Gasteiger partial charge is 0.223 e. The molecule has 0 spiro atoms. The Morgan fingerprint density at radius 2 is 1.72 bits per heavy atom. The molecule has 4 saturated carbocycles. The Balaban J connectivity index is 1.07. The second-order valence-electron chi connectivity index (χ2n) is 9.83. The molecule has 2 aromatic heterocycles. The summed E-state index contributed by atoms with van der Waals surface area (Å²) in [5.41, 5.74) is 0.345. The average Bonchev–Trinajstić information content (AvgIpc) is 3.38. The molecule has 7 rings (SSSR count). The first-order valence-electron chi connectivity index (χ1n) is 11.1. The summed E-state index contributed by atoms with van der Waals surface area (Å²) >= 11 is 3.36. The summed E-state index contributed by atoms with van der Waals surface area (Å²) in [6.45, 7) is 3.37. The van der Waals surface area contributed by atoms with Crippen molar-refractivity contribution in [3.63, 3.8) is 0 Å². The summed E-state index contributed by atoms with van der Waals surface area (Å²) in [6, 6.07) is 4.14. The van der Waals surface area contributed by atoms with Gasteiger partial charge in [-0.1, -0.05) is 17.4 Å². The number of piperazine rings is 1. The average molecular weight is 429 g/mol. The highest BCUT2D eigenvalue weighted by Crippen LogP contribution is 2.61. The monoisotopic (exact) mass is 428 g/mol. The van der Waals surface area contributed by atoms with Gasteiger partial charge >= 0.3 is 0 Å². The lowest BCUT2D eigenvalue weighted by molar-refractivity contribution is -0.139. The molecule has 5 fully saturated rings. The third-order valence-electron chi connectivity index (χ3n) is 7.74. The van der Waals surface area contributed by atoms with Crippen molar-refractivity contribution < 1.29 is 4.79 Å². The molecule has 7 heteroatoms. The fourth-order valence-electron chi connectivity index (χ4n) is 6.93. The van der Waals surface area contributed by atoms with Crippen molar-refractivity contribution in [3.8, 4) is 9.88 Å². The van der Waals surface area contributed by atoms with Gasteiger partial charge < -0.3 is 9.80 Å². The Hall–Kier alpha value is -1.47. The second-order valence-corrected chi connectivity index (χ2v) is 11.7. The van der Waals surface area contributed by atoms with Gasteiger partial charge in [-0.2, -0.15) is 0 Å². The van der Waals surface area contributed by atoms with Crippen LogP contribution in [0.3, 0.4) is 0 Å². The van der Waals surface area contributed by atoms with Gasteiger partial charge in [0.2, 0.25) is 11.0 Å². The molecule has 0 atom stereocenters. The molecule has 154 valence electrons. The Bertz CT molecular complexity index is 849. The highest BCUT2D eigenvalue weighted by atomic mass is 32.1. The summed E-state index contributed by atoms with van der Waals surface area (Å²) in [4.78, 5) is 18.8. The number of aromatic nitrogens is 2. The minimum atomic E-state index is 0.345. The van der Waals surface area contributed by atoms with Gasteiger partial charge in [-0.3, -0.25) is 4.79 Å². The topological polar surface area (TPSA) is 49.3 Å². The highest BCUT2D eigenvalue weighted by molar-refractivity contribution is 7.22. The van der Waals surface area contributed by atoms with Crippen LogP contribution in [0.4, 0.5) is 5.13 Å². The number of hydrogen-bond donors (Lipinski definition) is 0.